The molecule has 176 valence electrons. The van der Waals surface area contributed by atoms with Crippen LogP contribution >= 0.6 is 24.0 Å². The van der Waals surface area contributed by atoms with Crippen molar-refractivity contribution in [3.8, 4) is 11.5 Å². The van der Waals surface area contributed by atoms with Gasteiger partial charge in [-0.1, -0.05) is 0 Å². The third-order valence-electron chi connectivity index (χ3n) is 5.69. The molecule has 2 unspecified atom stereocenters. The van der Waals surface area contributed by atoms with E-state index in [-0.39, 0.29) is 30.1 Å². The van der Waals surface area contributed by atoms with Crippen LogP contribution < -0.4 is 14.8 Å². The molecule has 1 aromatic carbocycles. The summed E-state index contributed by atoms with van der Waals surface area (Å²) in [6.07, 6.45) is 6.25. The number of aliphatic imine (C=N–C) groups is 1. The fraction of sp³-hybridized carbons (Fsp3) is 0.696. The van der Waals surface area contributed by atoms with Gasteiger partial charge in [0.2, 0.25) is 0 Å². The Hall–Kier alpha value is -1.26. The molecule has 8 heteroatoms. The molecule has 0 spiro atoms. The van der Waals surface area contributed by atoms with Crippen LogP contribution in [0.5, 0.6) is 11.5 Å². The molecular formula is C23H38IN3O4. The Morgan fingerprint density at radius 1 is 1.16 bits per heavy atom. The summed E-state index contributed by atoms with van der Waals surface area (Å²) in [5, 5.41) is 3.45. The first kappa shape index (κ1) is 26.0. The molecule has 2 fully saturated rings. The standard InChI is InChI=1S/C23H37N3O4.HI/c1-18(30-21-9-7-19(27-3)8-10-21)16-25-23(24-2)26-13-11-20(12-14-26)29-17-22-6-4-5-15-28-22;/h7-10,18,20,22H,4-6,11-17H2,1-3H3,(H,24,25);1H. The van der Waals surface area contributed by atoms with E-state index in [9.17, 15) is 0 Å². The summed E-state index contributed by atoms with van der Waals surface area (Å²) in [6.45, 7) is 6.26. The van der Waals surface area contributed by atoms with Gasteiger partial charge in [-0.2, -0.15) is 0 Å². The maximum atomic E-state index is 6.12. The Bertz CT molecular complexity index is 645. The minimum Gasteiger partial charge on any atom is -0.497 e. The van der Waals surface area contributed by atoms with E-state index >= 15 is 0 Å². The first-order valence-electron chi connectivity index (χ1n) is 11.2. The predicted octanol–water partition coefficient (Wildman–Crippen LogP) is 3.71. The van der Waals surface area contributed by atoms with E-state index in [1.54, 1.807) is 7.11 Å². The number of piperidine rings is 1. The Balaban J connectivity index is 0.00000341. The lowest BCUT2D eigenvalue weighted by Crippen LogP contribution is -2.49. The van der Waals surface area contributed by atoms with Gasteiger partial charge in [0.05, 0.1) is 32.5 Å². The van der Waals surface area contributed by atoms with E-state index < -0.39 is 0 Å². The monoisotopic (exact) mass is 547 g/mol. The summed E-state index contributed by atoms with van der Waals surface area (Å²) in [6, 6.07) is 7.66. The number of hydrogen-bond donors (Lipinski definition) is 1. The van der Waals surface area contributed by atoms with Crippen LogP contribution in [-0.2, 0) is 9.47 Å². The van der Waals surface area contributed by atoms with Crippen molar-refractivity contribution in [1.29, 1.82) is 0 Å². The normalized spacial score (nSPS) is 21.2. The SMILES string of the molecule is CN=C(NCC(C)Oc1ccc(OC)cc1)N1CCC(OCC2CCCCO2)CC1.I. The average Bonchev–Trinajstić information content (AvgIpc) is 2.80. The van der Waals surface area contributed by atoms with Gasteiger partial charge in [0, 0.05) is 26.7 Å². The summed E-state index contributed by atoms with van der Waals surface area (Å²) in [7, 11) is 3.49. The maximum absolute atomic E-state index is 6.12. The average molecular weight is 547 g/mol. The lowest BCUT2D eigenvalue weighted by Gasteiger charge is -2.35. The molecule has 1 aromatic rings. The molecule has 0 aliphatic carbocycles. The molecular weight excluding hydrogens is 509 g/mol. The topological polar surface area (TPSA) is 64.6 Å². The molecule has 0 amide bonds. The molecule has 31 heavy (non-hydrogen) atoms. The van der Waals surface area contributed by atoms with Crippen LogP contribution in [0.1, 0.15) is 39.0 Å². The minimum absolute atomic E-state index is 0. The number of halogens is 1. The van der Waals surface area contributed by atoms with Gasteiger partial charge in [-0.3, -0.25) is 4.99 Å². The highest BCUT2D eigenvalue weighted by atomic mass is 127. The summed E-state index contributed by atoms with van der Waals surface area (Å²) < 4.78 is 23.1. The second-order valence-corrected chi connectivity index (χ2v) is 8.04. The summed E-state index contributed by atoms with van der Waals surface area (Å²) in [4.78, 5) is 6.76. The Morgan fingerprint density at radius 3 is 2.48 bits per heavy atom. The van der Waals surface area contributed by atoms with Crippen LogP contribution in [0.4, 0.5) is 0 Å². The fourth-order valence-corrected chi connectivity index (χ4v) is 3.91. The number of rotatable bonds is 8. The fourth-order valence-electron chi connectivity index (χ4n) is 3.91. The largest absolute Gasteiger partial charge is 0.497 e. The molecule has 0 bridgehead atoms. The van der Waals surface area contributed by atoms with Crippen molar-refractivity contribution in [2.75, 3.05) is 47.0 Å². The summed E-state index contributed by atoms with van der Waals surface area (Å²) in [5.41, 5.74) is 0. The molecule has 0 aromatic heterocycles. The Kier molecular flexibility index (Phi) is 11.7. The highest BCUT2D eigenvalue weighted by Gasteiger charge is 2.24. The summed E-state index contributed by atoms with van der Waals surface area (Å²) >= 11 is 0. The number of hydrogen-bond acceptors (Lipinski definition) is 5. The van der Waals surface area contributed by atoms with E-state index in [1.807, 2.05) is 31.3 Å². The van der Waals surface area contributed by atoms with Crippen LogP contribution in [0, 0.1) is 0 Å². The van der Waals surface area contributed by atoms with Gasteiger partial charge in [-0.15, -0.1) is 24.0 Å². The van der Waals surface area contributed by atoms with E-state index in [4.69, 9.17) is 18.9 Å². The second kappa shape index (κ2) is 14.0. The third-order valence-corrected chi connectivity index (χ3v) is 5.69. The van der Waals surface area contributed by atoms with Crippen molar-refractivity contribution in [3.05, 3.63) is 24.3 Å². The predicted molar refractivity (Wildman–Crippen MR) is 134 cm³/mol. The van der Waals surface area contributed by atoms with Crippen LogP contribution in [0.25, 0.3) is 0 Å². The van der Waals surface area contributed by atoms with Gasteiger partial charge in [-0.05, 0) is 63.3 Å². The zero-order valence-corrected chi connectivity index (χ0v) is 21.4. The van der Waals surface area contributed by atoms with Gasteiger partial charge in [0.1, 0.15) is 17.6 Å². The Labute approximate surface area is 203 Å². The van der Waals surface area contributed by atoms with E-state index in [0.717, 1.165) is 63.0 Å². The quantitative estimate of drug-likeness (QED) is 0.304. The van der Waals surface area contributed by atoms with E-state index in [1.165, 1.54) is 12.8 Å². The van der Waals surface area contributed by atoms with Crippen molar-refractivity contribution < 1.29 is 18.9 Å². The van der Waals surface area contributed by atoms with Crippen LogP contribution in [-0.4, -0.2) is 76.2 Å². The third kappa shape index (κ3) is 8.65. The number of likely N-dealkylation sites (tertiary alicyclic amines) is 1. The molecule has 1 N–H and O–H groups in total. The molecule has 2 saturated heterocycles. The first-order chi connectivity index (χ1) is 14.7. The number of benzene rings is 1. The minimum atomic E-state index is 0. The number of methoxy groups -OCH3 is 1. The number of ether oxygens (including phenoxy) is 4. The first-order valence-corrected chi connectivity index (χ1v) is 11.2. The molecule has 2 atom stereocenters. The molecule has 0 saturated carbocycles. The highest BCUT2D eigenvalue weighted by molar-refractivity contribution is 14.0. The molecule has 7 nitrogen and oxygen atoms in total. The van der Waals surface area contributed by atoms with Crippen LogP contribution in [0.15, 0.2) is 29.3 Å². The lowest BCUT2D eigenvalue weighted by molar-refractivity contribution is -0.0721. The van der Waals surface area contributed by atoms with E-state index in [2.05, 4.69) is 22.1 Å². The van der Waals surface area contributed by atoms with Crippen molar-refractivity contribution >= 4 is 29.9 Å². The van der Waals surface area contributed by atoms with Crippen LogP contribution in [0.2, 0.25) is 0 Å². The number of nitrogens with one attached hydrogen (secondary N) is 1. The maximum Gasteiger partial charge on any atom is 0.193 e. The zero-order valence-electron chi connectivity index (χ0n) is 19.0. The summed E-state index contributed by atoms with van der Waals surface area (Å²) in [5.74, 6) is 2.58. The van der Waals surface area contributed by atoms with Gasteiger partial charge in [-0.25, -0.2) is 0 Å². The van der Waals surface area contributed by atoms with E-state index in [0.29, 0.717) is 18.8 Å². The van der Waals surface area contributed by atoms with Gasteiger partial charge >= 0.3 is 0 Å². The van der Waals surface area contributed by atoms with Crippen LogP contribution in [0.3, 0.4) is 0 Å². The second-order valence-electron chi connectivity index (χ2n) is 8.04. The molecule has 2 aliphatic heterocycles. The zero-order chi connectivity index (χ0) is 21.2. The molecule has 2 heterocycles. The van der Waals surface area contributed by atoms with Crippen molar-refractivity contribution in [1.82, 2.24) is 10.2 Å². The number of nitrogens with zero attached hydrogens (tertiary/aromatic N) is 2. The lowest BCUT2D eigenvalue weighted by atomic mass is 10.1. The highest BCUT2D eigenvalue weighted by Crippen LogP contribution is 2.19. The smallest absolute Gasteiger partial charge is 0.193 e. The molecule has 3 rings (SSSR count). The van der Waals surface area contributed by atoms with Gasteiger partial charge in [0.25, 0.3) is 0 Å². The van der Waals surface area contributed by atoms with Crippen molar-refractivity contribution in [3.63, 3.8) is 0 Å². The van der Waals surface area contributed by atoms with Gasteiger partial charge < -0.3 is 29.2 Å². The molecule has 2 aliphatic rings. The number of guanidine groups is 1. The van der Waals surface area contributed by atoms with Crippen molar-refractivity contribution in [2.45, 2.75) is 57.3 Å². The van der Waals surface area contributed by atoms with Crippen molar-refractivity contribution in [2.24, 2.45) is 4.99 Å². The molecule has 0 radical (unpaired) electrons. The van der Waals surface area contributed by atoms with Gasteiger partial charge in [0.15, 0.2) is 5.96 Å². The Morgan fingerprint density at radius 2 is 1.87 bits per heavy atom.